The smallest absolute Gasteiger partial charge is 0.341 e. The first kappa shape index (κ1) is 18.7. The minimum absolute atomic E-state index is 0.0125. The number of ether oxygens (including phenoxy) is 2. The molecule has 0 fully saturated rings. The average Bonchev–Trinajstić information content (AvgIpc) is 3.00. The van der Waals surface area contributed by atoms with E-state index >= 15 is 0 Å². The van der Waals surface area contributed by atoms with Gasteiger partial charge in [-0.3, -0.25) is 4.79 Å². The summed E-state index contributed by atoms with van der Waals surface area (Å²) in [6.07, 6.45) is 0. The van der Waals surface area contributed by atoms with Crippen LogP contribution < -0.4 is 15.8 Å². The minimum atomic E-state index is -1.48. The molecule has 0 aromatic heterocycles. The third kappa shape index (κ3) is 2.35. The first-order chi connectivity index (χ1) is 14.5. The SMILES string of the molecule is CCOC(=O)C1=C(N)Oc2c(ccc3ccccc23)C12C(=O)Nc1ccc(Br)cc12. The highest BCUT2D eigenvalue weighted by atomic mass is 79.9. The van der Waals surface area contributed by atoms with Crippen LogP contribution in [0.5, 0.6) is 5.75 Å². The van der Waals surface area contributed by atoms with Crippen molar-refractivity contribution in [1.82, 2.24) is 0 Å². The summed E-state index contributed by atoms with van der Waals surface area (Å²) in [5, 5.41) is 4.65. The van der Waals surface area contributed by atoms with Crippen molar-refractivity contribution in [2.75, 3.05) is 11.9 Å². The summed E-state index contributed by atoms with van der Waals surface area (Å²) in [4.78, 5) is 26.7. The molecule has 0 aliphatic carbocycles. The van der Waals surface area contributed by atoms with E-state index in [9.17, 15) is 9.59 Å². The van der Waals surface area contributed by atoms with Crippen LogP contribution in [0.15, 0.2) is 70.5 Å². The molecule has 150 valence electrons. The standard InChI is InChI=1S/C23H17BrN2O4/c1-2-29-21(27)18-20(25)30-19-14-6-4-3-5-12(14)7-9-15(19)23(18)16-11-13(24)8-10-17(16)26-22(23)28/h3-11H,2,25H2,1H3,(H,26,28). The largest absolute Gasteiger partial charge is 0.462 e. The highest BCUT2D eigenvalue weighted by Gasteiger charge is 2.58. The third-order valence-electron chi connectivity index (χ3n) is 5.57. The molecule has 0 saturated carbocycles. The molecule has 3 aromatic rings. The van der Waals surface area contributed by atoms with Gasteiger partial charge in [0.1, 0.15) is 16.7 Å². The number of rotatable bonds is 2. The molecule has 3 aromatic carbocycles. The Balaban J connectivity index is 1.93. The van der Waals surface area contributed by atoms with E-state index in [0.717, 1.165) is 15.2 Å². The zero-order valence-corrected chi connectivity index (χ0v) is 17.6. The molecule has 0 bridgehead atoms. The average molecular weight is 465 g/mol. The molecule has 1 amide bonds. The monoisotopic (exact) mass is 464 g/mol. The second-order valence-corrected chi connectivity index (χ2v) is 8.03. The van der Waals surface area contributed by atoms with Gasteiger partial charge in [0.15, 0.2) is 0 Å². The topological polar surface area (TPSA) is 90.7 Å². The van der Waals surface area contributed by atoms with Gasteiger partial charge in [0, 0.05) is 26.7 Å². The number of fused-ring (bicyclic) bond motifs is 6. The lowest BCUT2D eigenvalue weighted by molar-refractivity contribution is -0.140. The van der Waals surface area contributed by atoms with Crippen molar-refractivity contribution in [1.29, 1.82) is 0 Å². The van der Waals surface area contributed by atoms with Gasteiger partial charge in [-0.1, -0.05) is 52.3 Å². The zero-order chi connectivity index (χ0) is 21.0. The molecular weight excluding hydrogens is 448 g/mol. The Morgan fingerprint density at radius 1 is 1.17 bits per heavy atom. The number of hydrogen-bond acceptors (Lipinski definition) is 5. The third-order valence-corrected chi connectivity index (χ3v) is 6.06. The van der Waals surface area contributed by atoms with Crippen LogP contribution in [0.1, 0.15) is 18.1 Å². The molecule has 2 heterocycles. The van der Waals surface area contributed by atoms with Gasteiger partial charge in [0.2, 0.25) is 11.8 Å². The number of nitrogens with two attached hydrogens (primary N) is 1. The second kappa shape index (κ2) is 6.60. The molecule has 2 aliphatic rings. The molecule has 6 nitrogen and oxygen atoms in total. The van der Waals surface area contributed by atoms with Crippen LogP contribution in [0.4, 0.5) is 5.69 Å². The maximum absolute atomic E-state index is 13.6. The number of carbonyl (C=O) groups excluding carboxylic acids is 2. The fourth-order valence-corrected chi connectivity index (χ4v) is 4.74. The predicted molar refractivity (Wildman–Crippen MR) is 116 cm³/mol. The van der Waals surface area contributed by atoms with Crippen molar-refractivity contribution in [3.05, 3.63) is 81.7 Å². The van der Waals surface area contributed by atoms with Crippen molar-refractivity contribution >= 4 is 44.3 Å². The van der Waals surface area contributed by atoms with E-state index in [1.165, 1.54) is 0 Å². The first-order valence-electron chi connectivity index (χ1n) is 9.47. The Labute approximate surface area is 180 Å². The zero-order valence-electron chi connectivity index (χ0n) is 16.0. The molecule has 1 spiro atoms. The van der Waals surface area contributed by atoms with E-state index in [2.05, 4.69) is 21.2 Å². The van der Waals surface area contributed by atoms with Crippen LogP contribution in [-0.2, 0) is 19.7 Å². The van der Waals surface area contributed by atoms with E-state index in [-0.39, 0.29) is 24.0 Å². The fraction of sp³-hybridized carbons (Fsp3) is 0.130. The number of nitrogens with one attached hydrogen (secondary N) is 1. The Hall–Kier alpha value is -3.32. The normalized spacial score (nSPS) is 19.3. The summed E-state index contributed by atoms with van der Waals surface area (Å²) in [5.41, 5.74) is 6.58. The van der Waals surface area contributed by atoms with Crippen molar-refractivity contribution in [3.8, 4) is 5.75 Å². The highest BCUT2D eigenvalue weighted by molar-refractivity contribution is 9.10. The van der Waals surface area contributed by atoms with E-state index in [4.69, 9.17) is 15.2 Å². The Bertz CT molecular complexity index is 1280. The van der Waals surface area contributed by atoms with Gasteiger partial charge in [0.25, 0.3) is 0 Å². The van der Waals surface area contributed by atoms with Crippen LogP contribution in [-0.4, -0.2) is 18.5 Å². The summed E-state index contributed by atoms with van der Waals surface area (Å²) < 4.78 is 12.0. The molecule has 0 radical (unpaired) electrons. The second-order valence-electron chi connectivity index (χ2n) is 7.12. The Morgan fingerprint density at radius 3 is 2.77 bits per heavy atom. The molecule has 7 heteroatoms. The van der Waals surface area contributed by atoms with Crippen LogP contribution in [0, 0.1) is 0 Å². The number of anilines is 1. The Kier molecular flexibility index (Phi) is 4.11. The van der Waals surface area contributed by atoms with Gasteiger partial charge in [-0.2, -0.15) is 0 Å². The summed E-state index contributed by atoms with van der Waals surface area (Å²) in [5.74, 6) is -0.736. The molecule has 0 saturated heterocycles. The maximum Gasteiger partial charge on any atom is 0.341 e. The van der Waals surface area contributed by atoms with E-state index in [1.807, 2.05) is 48.5 Å². The van der Waals surface area contributed by atoms with Gasteiger partial charge in [-0.05, 0) is 30.5 Å². The van der Waals surface area contributed by atoms with Crippen molar-refractivity contribution < 1.29 is 19.1 Å². The van der Waals surface area contributed by atoms with Gasteiger partial charge in [0.05, 0.1) is 6.61 Å². The first-order valence-corrected chi connectivity index (χ1v) is 10.3. The molecular formula is C23H17BrN2O4. The fourth-order valence-electron chi connectivity index (χ4n) is 4.38. The lowest BCUT2D eigenvalue weighted by Crippen LogP contribution is -2.45. The van der Waals surface area contributed by atoms with Crippen LogP contribution >= 0.6 is 15.9 Å². The minimum Gasteiger partial charge on any atom is -0.462 e. The quantitative estimate of drug-likeness (QED) is 0.560. The number of halogens is 1. The molecule has 1 unspecified atom stereocenters. The van der Waals surface area contributed by atoms with Crippen molar-refractivity contribution in [2.45, 2.75) is 12.3 Å². The molecule has 3 N–H and O–H groups in total. The molecule has 5 rings (SSSR count). The van der Waals surface area contributed by atoms with Crippen LogP contribution in [0.2, 0.25) is 0 Å². The summed E-state index contributed by atoms with van der Waals surface area (Å²) in [6, 6.07) is 16.8. The lowest BCUT2D eigenvalue weighted by atomic mass is 9.68. The highest BCUT2D eigenvalue weighted by Crippen LogP contribution is 2.55. The van der Waals surface area contributed by atoms with Crippen LogP contribution in [0.3, 0.4) is 0 Å². The van der Waals surface area contributed by atoms with Crippen molar-refractivity contribution in [2.24, 2.45) is 5.73 Å². The van der Waals surface area contributed by atoms with E-state index < -0.39 is 11.4 Å². The van der Waals surface area contributed by atoms with Gasteiger partial charge in [-0.15, -0.1) is 0 Å². The molecule has 1 atom stereocenters. The number of carbonyl (C=O) groups is 2. The number of benzene rings is 3. The Morgan fingerprint density at radius 2 is 1.97 bits per heavy atom. The number of hydrogen-bond donors (Lipinski definition) is 2. The van der Waals surface area contributed by atoms with Crippen molar-refractivity contribution in [3.63, 3.8) is 0 Å². The summed E-state index contributed by atoms with van der Waals surface area (Å²) in [7, 11) is 0. The van der Waals surface area contributed by atoms with Gasteiger partial charge in [-0.25, -0.2) is 4.79 Å². The molecule has 30 heavy (non-hydrogen) atoms. The maximum atomic E-state index is 13.6. The lowest BCUT2D eigenvalue weighted by Gasteiger charge is -2.36. The summed E-state index contributed by atoms with van der Waals surface area (Å²) >= 11 is 3.48. The van der Waals surface area contributed by atoms with Gasteiger partial charge < -0.3 is 20.5 Å². The number of esters is 1. The van der Waals surface area contributed by atoms with Gasteiger partial charge >= 0.3 is 5.97 Å². The van der Waals surface area contributed by atoms with E-state index in [1.54, 1.807) is 13.0 Å². The molecule has 2 aliphatic heterocycles. The number of amides is 1. The summed E-state index contributed by atoms with van der Waals surface area (Å²) in [6.45, 7) is 1.84. The predicted octanol–water partition coefficient (Wildman–Crippen LogP) is 3.97. The van der Waals surface area contributed by atoms with E-state index in [0.29, 0.717) is 22.6 Å². The van der Waals surface area contributed by atoms with Crippen LogP contribution in [0.25, 0.3) is 10.8 Å².